The number of ether oxygens (including phenoxy) is 2. The zero-order chi connectivity index (χ0) is 17.8. The summed E-state index contributed by atoms with van der Waals surface area (Å²) in [6.45, 7) is 15.7. The molecule has 0 heterocycles. The van der Waals surface area contributed by atoms with E-state index >= 15 is 0 Å². The smallest absolute Gasteiger partial charge is 0.410 e. The van der Waals surface area contributed by atoms with Crippen molar-refractivity contribution in [1.29, 1.82) is 0 Å². The molecule has 0 radical (unpaired) electrons. The van der Waals surface area contributed by atoms with E-state index in [9.17, 15) is 9.59 Å². The highest BCUT2D eigenvalue weighted by Crippen LogP contribution is 2.18. The second-order valence-electron chi connectivity index (χ2n) is 7.85. The van der Waals surface area contributed by atoms with Crippen molar-refractivity contribution in [3.63, 3.8) is 0 Å². The van der Waals surface area contributed by atoms with E-state index in [-0.39, 0.29) is 17.6 Å². The van der Waals surface area contributed by atoms with E-state index in [2.05, 4.69) is 5.32 Å². The molecule has 0 saturated carbocycles. The van der Waals surface area contributed by atoms with E-state index in [1.807, 2.05) is 41.5 Å². The largest absolute Gasteiger partial charge is 0.468 e. The number of nitrogens with one attached hydrogen (secondary N) is 1. The molecule has 0 aromatic carbocycles. The lowest BCUT2D eigenvalue weighted by Crippen LogP contribution is -2.54. The van der Waals surface area contributed by atoms with Crippen molar-refractivity contribution in [3.8, 4) is 0 Å². The van der Waals surface area contributed by atoms with Gasteiger partial charge in [-0.1, -0.05) is 0 Å². The molecule has 0 aromatic heterocycles. The van der Waals surface area contributed by atoms with Gasteiger partial charge in [0.1, 0.15) is 11.1 Å². The van der Waals surface area contributed by atoms with Crippen molar-refractivity contribution in [2.75, 3.05) is 20.2 Å². The van der Waals surface area contributed by atoms with E-state index in [1.54, 1.807) is 18.7 Å². The van der Waals surface area contributed by atoms with Crippen molar-refractivity contribution < 1.29 is 19.1 Å². The van der Waals surface area contributed by atoms with Gasteiger partial charge in [-0.05, 0) is 55.4 Å². The van der Waals surface area contributed by atoms with Crippen molar-refractivity contribution in [1.82, 2.24) is 10.2 Å². The Morgan fingerprint density at radius 2 is 1.50 bits per heavy atom. The van der Waals surface area contributed by atoms with Gasteiger partial charge in [-0.25, -0.2) is 4.79 Å². The van der Waals surface area contributed by atoms with E-state index < -0.39 is 11.1 Å². The Bertz CT molecular complexity index is 392. The molecular weight excluding hydrogens is 284 g/mol. The summed E-state index contributed by atoms with van der Waals surface area (Å²) in [6, 6.07) is 0. The van der Waals surface area contributed by atoms with Crippen LogP contribution < -0.4 is 5.32 Å². The summed E-state index contributed by atoms with van der Waals surface area (Å²) >= 11 is 0. The molecule has 0 atom stereocenters. The molecule has 1 N–H and O–H groups in total. The van der Waals surface area contributed by atoms with Crippen LogP contribution in [0.5, 0.6) is 0 Å². The summed E-state index contributed by atoms with van der Waals surface area (Å²) in [4.78, 5) is 25.6. The fraction of sp³-hybridized carbons (Fsp3) is 0.875. The third-order valence-electron chi connectivity index (χ3n) is 3.02. The first-order chi connectivity index (χ1) is 9.70. The van der Waals surface area contributed by atoms with Gasteiger partial charge in [-0.15, -0.1) is 0 Å². The molecule has 0 rings (SSSR count). The second-order valence-corrected chi connectivity index (χ2v) is 7.85. The summed E-state index contributed by atoms with van der Waals surface area (Å²) in [5, 5.41) is 3.11. The Kier molecular flexibility index (Phi) is 6.88. The minimum absolute atomic E-state index is 0.341. The number of esters is 1. The second kappa shape index (κ2) is 7.31. The van der Waals surface area contributed by atoms with Gasteiger partial charge in [-0.2, -0.15) is 0 Å². The maximum atomic E-state index is 12.3. The molecule has 0 aliphatic rings. The van der Waals surface area contributed by atoms with Crippen LogP contribution in [0.2, 0.25) is 0 Å². The SMILES string of the molecule is COC(=O)C(C)(C)NCCN(C(=O)OC(C)(C)C)C(C)(C)C. The molecule has 6 nitrogen and oxygen atoms in total. The third kappa shape index (κ3) is 7.11. The monoisotopic (exact) mass is 316 g/mol. The van der Waals surface area contributed by atoms with E-state index in [4.69, 9.17) is 9.47 Å². The Hall–Kier alpha value is -1.30. The number of hydrogen-bond acceptors (Lipinski definition) is 5. The van der Waals surface area contributed by atoms with Crippen LogP contribution in [0.3, 0.4) is 0 Å². The first-order valence-corrected chi connectivity index (χ1v) is 7.55. The Morgan fingerprint density at radius 1 is 1.00 bits per heavy atom. The lowest BCUT2D eigenvalue weighted by Gasteiger charge is -2.37. The number of amides is 1. The summed E-state index contributed by atoms with van der Waals surface area (Å²) in [7, 11) is 1.36. The Balaban J connectivity index is 4.78. The highest BCUT2D eigenvalue weighted by Gasteiger charge is 2.32. The molecule has 0 unspecified atom stereocenters. The summed E-state index contributed by atoms with van der Waals surface area (Å²) in [5.41, 5.74) is -1.72. The summed E-state index contributed by atoms with van der Waals surface area (Å²) < 4.78 is 10.2. The maximum Gasteiger partial charge on any atom is 0.410 e. The fourth-order valence-corrected chi connectivity index (χ4v) is 1.83. The molecular formula is C16H32N2O4. The Morgan fingerprint density at radius 3 is 1.86 bits per heavy atom. The van der Waals surface area contributed by atoms with Crippen molar-refractivity contribution in [2.45, 2.75) is 72.1 Å². The van der Waals surface area contributed by atoms with Gasteiger partial charge in [0, 0.05) is 18.6 Å². The van der Waals surface area contributed by atoms with Crippen LogP contribution in [0, 0.1) is 0 Å². The van der Waals surface area contributed by atoms with Crippen molar-refractivity contribution >= 4 is 12.1 Å². The quantitative estimate of drug-likeness (QED) is 0.790. The molecule has 0 fully saturated rings. The number of hydrogen-bond donors (Lipinski definition) is 1. The highest BCUT2D eigenvalue weighted by atomic mass is 16.6. The van der Waals surface area contributed by atoms with Crippen LogP contribution in [0.1, 0.15) is 55.4 Å². The molecule has 22 heavy (non-hydrogen) atoms. The average Bonchev–Trinajstić information content (AvgIpc) is 2.29. The minimum atomic E-state index is -0.799. The number of carbonyl (C=O) groups is 2. The van der Waals surface area contributed by atoms with E-state index in [0.717, 1.165) is 0 Å². The van der Waals surface area contributed by atoms with Crippen LogP contribution in [-0.2, 0) is 14.3 Å². The van der Waals surface area contributed by atoms with E-state index in [0.29, 0.717) is 13.1 Å². The van der Waals surface area contributed by atoms with Crippen LogP contribution in [0.15, 0.2) is 0 Å². The molecule has 6 heteroatoms. The van der Waals surface area contributed by atoms with Gasteiger partial charge >= 0.3 is 12.1 Å². The standard InChI is InChI=1S/C16H32N2O4/c1-14(2,3)18(13(20)22-15(4,5)6)11-10-17-16(7,8)12(19)21-9/h17H,10-11H2,1-9H3. The number of nitrogens with zero attached hydrogens (tertiary/aromatic N) is 1. The van der Waals surface area contributed by atoms with Gasteiger partial charge in [-0.3, -0.25) is 4.79 Å². The number of methoxy groups -OCH3 is 1. The number of rotatable bonds is 5. The van der Waals surface area contributed by atoms with E-state index in [1.165, 1.54) is 7.11 Å². The Labute approximate surface area is 134 Å². The normalized spacial score (nSPS) is 12.8. The average molecular weight is 316 g/mol. The van der Waals surface area contributed by atoms with Gasteiger partial charge < -0.3 is 19.7 Å². The summed E-state index contributed by atoms with van der Waals surface area (Å²) in [5.74, 6) is -0.341. The predicted molar refractivity (Wildman–Crippen MR) is 86.8 cm³/mol. The summed E-state index contributed by atoms with van der Waals surface area (Å²) in [6.07, 6.45) is -0.363. The first kappa shape index (κ1) is 20.7. The van der Waals surface area contributed by atoms with Gasteiger partial charge in [0.25, 0.3) is 0 Å². The highest BCUT2D eigenvalue weighted by molar-refractivity contribution is 5.79. The van der Waals surface area contributed by atoms with Crippen LogP contribution >= 0.6 is 0 Å². The molecule has 0 aromatic rings. The lowest BCUT2D eigenvalue weighted by molar-refractivity contribution is -0.147. The zero-order valence-electron chi connectivity index (χ0n) is 15.5. The molecule has 0 aliphatic heterocycles. The first-order valence-electron chi connectivity index (χ1n) is 7.55. The molecule has 1 amide bonds. The molecule has 0 spiro atoms. The maximum absolute atomic E-state index is 12.3. The minimum Gasteiger partial charge on any atom is -0.468 e. The fourth-order valence-electron chi connectivity index (χ4n) is 1.83. The molecule has 0 bridgehead atoms. The van der Waals surface area contributed by atoms with Crippen LogP contribution in [0.25, 0.3) is 0 Å². The van der Waals surface area contributed by atoms with Crippen molar-refractivity contribution in [3.05, 3.63) is 0 Å². The predicted octanol–water partition coefficient (Wildman–Crippen LogP) is 2.56. The van der Waals surface area contributed by atoms with Crippen LogP contribution in [-0.4, -0.2) is 53.8 Å². The topological polar surface area (TPSA) is 67.9 Å². The number of carbonyl (C=O) groups excluding carboxylic acids is 2. The van der Waals surface area contributed by atoms with Gasteiger partial charge in [0.15, 0.2) is 0 Å². The van der Waals surface area contributed by atoms with Crippen LogP contribution in [0.4, 0.5) is 4.79 Å². The molecule has 130 valence electrons. The third-order valence-corrected chi connectivity index (χ3v) is 3.02. The van der Waals surface area contributed by atoms with Gasteiger partial charge in [0.05, 0.1) is 7.11 Å². The zero-order valence-corrected chi connectivity index (χ0v) is 15.5. The lowest BCUT2D eigenvalue weighted by atomic mass is 10.1. The molecule has 0 aliphatic carbocycles. The molecule has 0 saturated heterocycles. The van der Waals surface area contributed by atoms with Crippen molar-refractivity contribution in [2.24, 2.45) is 0 Å². The van der Waals surface area contributed by atoms with Gasteiger partial charge in [0.2, 0.25) is 0 Å².